The second kappa shape index (κ2) is 9.66. The second-order valence-electron chi connectivity index (χ2n) is 10.0. The number of hydrogen-bond acceptors (Lipinski definition) is 6. The standard InChI is InChI=1S/C28H33N5O2/c1-27(11-15-29-16-12-27)31-26(35)28(21-7-3-2-4-8-21)13-17-33(18-14-28)22-19-24(32-30-20-22)23-9-5-6-10-25(23)34/h2-10,19-20,29,34H,11-18H2,1H3,(H,31,35). The Morgan fingerprint density at radius 2 is 1.69 bits per heavy atom. The summed E-state index contributed by atoms with van der Waals surface area (Å²) in [6, 6.07) is 19.3. The second-order valence-corrected chi connectivity index (χ2v) is 10.0. The highest BCUT2D eigenvalue weighted by Crippen LogP contribution is 2.39. The summed E-state index contributed by atoms with van der Waals surface area (Å²) in [6.45, 7) is 5.48. The van der Waals surface area contributed by atoms with Crippen molar-refractivity contribution >= 4 is 11.6 Å². The number of para-hydroxylation sites is 1. The van der Waals surface area contributed by atoms with Crippen LogP contribution in [-0.2, 0) is 10.2 Å². The zero-order valence-electron chi connectivity index (χ0n) is 20.2. The molecule has 0 atom stereocenters. The number of carbonyl (C=O) groups is 1. The molecule has 2 aliphatic rings. The molecule has 3 N–H and O–H groups in total. The lowest BCUT2D eigenvalue weighted by molar-refractivity contribution is -0.129. The Balaban J connectivity index is 1.38. The Morgan fingerprint density at radius 3 is 2.40 bits per heavy atom. The lowest BCUT2D eigenvalue weighted by atomic mass is 9.71. The van der Waals surface area contributed by atoms with E-state index in [4.69, 9.17) is 0 Å². The van der Waals surface area contributed by atoms with E-state index in [1.165, 1.54) is 0 Å². The molecule has 3 aromatic rings. The molecule has 3 heterocycles. The van der Waals surface area contributed by atoms with Crippen LogP contribution in [0.1, 0.15) is 38.2 Å². The largest absolute Gasteiger partial charge is 0.507 e. The van der Waals surface area contributed by atoms with Crippen LogP contribution in [-0.4, -0.2) is 52.9 Å². The third-order valence-corrected chi connectivity index (χ3v) is 7.69. The van der Waals surface area contributed by atoms with E-state index in [9.17, 15) is 9.90 Å². The van der Waals surface area contributed by atoms with Gasteiger partial charge in [-0.15, -0.1) is 0 Å². The number of nitrogens with one attached hydrogen (secondary N) is 2. The van der Waals surface area contributed by atoms with Gasteiger partial charge in [-0.3, -0.25) is 4.79 Å². The highest BCUT2D eigenvalue weighted by molar-refractivity contribution is 5.89. The summed E-state index contributed by atoms with van der Waals surface area (Å²) >= 11 is 0. The van der Waals surface area contributed by atoms with Gasteiger partial charge in [-0.05, 0) is 69.5 Å². The summed E-state index contributed by atoms with van der Waals surface area (Å²) < 4.78 is 0. The molecule has 7 nitrogen and oxygen atoms in total. The fourth-order valence-corrected chi connectivity index (χ4v) is 5.40. The molecule has 0 unspecified atom stereocenters. The van der Waals surface area contributed by atoms with Crippen LogP contribution < -0.4 is 15.5 Å². The lowest BCUT2D eigenvalue weighted by Gasteiger charge is -2.44. The maximum Gasteiger partial charge on any atom is 0.231 e. The Kier molecular flexibility index (Phi) is 6.43. The van der Waals surface area contributed by atoms with Crippen LogP contribution in [0.4, 0.5) is 5.69 Å². The molecule has 0 saturated carbocycles. The van der Waals surface area contributed by atoms with Gasteiger partial charge >= 0.3 is 0 Å². The van der Waals surface area contributed by atoms with E-state index in [2.05, 4.69) is 44.8 Å². The number of carbonyl (C=O) groups excluding carboxylic acids is 1. The summed E-state index contributed by atoms with van der Waals surface area (Å²) in [5.74, 6) is 0.319. The predicted octanol–water partition coefficient (Wildman–Crippen LogP) is 3.65. The molecule has 2 aromatic carbocycles. The average Bonchev–Trinajstić information content (AvgIpc) is 2.90. The normalized spacial score (nSPS) is 19.2. The number of rotatable bonds is 5. The number of aromatic hydroxyl groups is 1. The van der Waals surface area contributed by atoms with Gasteiger partial charge in [-0.2, -0.15) is 10.2 Å². The number of phenolic OH excluding ortho intramolecular Hbond substituents is 1. The fourth-order valence-electron chi connectivity index (χ4n) is 5.40. The Labute approximate surface area is 206 Å². The van der Waals surface area contributed by atoms with Crippen molar-refractivity contribution in [1.82, 2.24) is 20.8 Å². The molecule has 35 heavy (non-hydrogen) atoms. The summed E-state index contributed by atoms with van der Waals surface area (Å²) in [7, 11) is 0. The van der Waals surface area contributed by atoms with Crippen molar-refractivity contribution in [3.63, 3.8) is 0 Å². The zero-order chi connectivity index (χ0) is 24.3. The molecule has 7 heteroatoms. The first-order valence-corrected chi connectivity index (χ1v) is 12.4. The minimum atomic E-state index is -0.563. The lowest BCUT2D eigenvalue weighted by Crippen LogP contribution is -2.59. The summed E-state index contributed by atoms with van der Waals surface area (Å²) in [4.78, 5) is 16.2. The number of amides is 1. The first-order valence-electron chi connectivity index (χ1n) is 12.4. The van der Waals surface area contributed by atoms with Gasteiger partial charge in [0.15, 0.2) is 0 Å². The summed E-state index contributed by atoms with van der Waals surface area (Å²) in [5.41, 5.74) is 2.59. The van der Waals surface area contributed by atoms with E-state index in [1.54, 1.807) is 18.3 Å². The van der Waals surface area contributed by atoms with Gasteiger partial charge in [0.25, 0.3) is 0 Å². The molecule has 0 spiro atoms. The number of benzene rings is 2. The van der Waals surface area contributed by atoms with Crippen LogP contribution in [0.5, 0.6) is 5.75 Å². The molecule has 2 aliphatic heterocycles. The minimum Gasteiger partial charge on any atom is -0.507 e. The van der Waals surface area contributed by atoms with Gasteiger partial charge in [0.05, 0.1) is 23.0 Å². The quantitative estimate of drug-likeness (QED) is 0.526. The maximum atomic E-state index is 13.9. The van der Waals surface area contributed by atoms with Crippen molar-refractivity contribution in [2.24, 2.45) is 0 Å². The number of anilines is 1. The molecule has 0 radical (unpaired) electrons. The van der Waals surface area contributed by atoms with Crippen LogP contribution in [0.25, 0.3) is 11.3 Å². The molecule has 1 aromatic heterocycles. The van der Waals surface area contributed by atoms with E-state index >= 15 is 0 Å². The summed E-state index contributed by atoms with van der Waals surface area (Å²) in [6.07, 6.45) is 5.06. The Bertz CT molecular complexity index is 1170. The van der Waals surface area contributed by atoms with E-state index < -0.39 is 5.41 Å². The van der Waals surface area contributed by atoms with Gasteiger partial charge in [-0.1, -0.05) is 42.5 Å². The smallest absolute Gasteiger partial charge is 0.231 e. The Hall–Kier alpha value is -3.45. The summed E-state index contributed by atoms with van der Waals surface area (Å²) in [5, 5.41) is 25.5. The van der Waals surface area contributed by atoms with Crippen LogP contribution in [0.15, 0.2) is 66.9 Å². The topological polar surface area (TPSA) is 90.4 Å². The van der Waals surface area contributed by atoms with E-state index in [0.29, 0.717) is 24.1 Å². The van der Waals surface area contributed by atoms with Crippen molar-refractivity contribution in [3.05, 3.63) is 72.4 Å². The van der Waals surface area contributed by atoms with Gasteiger partial charge in [0.2, 0.25) is 5.91 Å². The average molecular weight is 472 g/mol. The number of phenols is 1. The molecule has 0 aliphatic carbocycles. The Morgan fingerprint density at radius 1 is 1.00 bits per heavy atom. The molecule has 0 bridgehead atoms. The number of hydrogen-bond donors (Lipinski definition) is 3. The fraction of sp³-hybridized carbons (Fsp3) is 0.393. The highest BCUT2D eigenvalue weighted by atomic mass is 16.3. The van der Waals surface area contributed by atoms with Crippen LogP contribution in [0.2, 0.25) is 0 Å². The molecule has 1 amide bonds. The van der Waals surface area contributed by atoms with Crippen molar-refractivity contribution in [3.8, 4) is 17.0 Å². The highest BCUT2D eigenvalue weighted by Gasteiger charge is 2.45. The minimum absolute atomic E-state index is 0.135. The van der Waals surface area contributed by atoms with Crippen molar-refractivity contribution in [2.45, 2.75) is 43.6 Å². The number of nitrogens with zero attached hydrogens (tertiary/aromatic N) is 3. The SMILES string of the molecule is CC1(NC(=O)C2(c3ccccc3)CCN(c3cnnc(-c4ccccc4O)c3)CC2)CCNCC1. The molecular weight excluding hydrogens is 438 g/mol. The molecule has 2 saturated heterocycles. The zero-order valence-corrected chi connectivity index (χ0v) is 20.2. The number of aromatic nitrogens is 2. The number of piperidine rings is 2. The van der Waals surface area contributed by atoms with Crippen LogP contribution in [0, 0.1) is 0 Å². The van der Waals surface area contributed by atoms with Crippen molar-refractivity contribution in [1.29, 1.82) is 0 Å². The third kappa shape index (κ3) is 4.73. The van der Waals surface area contributed by atoms with E-state index in [0.717, 1.165) is 50.3 Å². The van der Waals surface area contributed by atoms with Gasteiger partial charge in [0, 0.05) is 24.2 Å². The molecule has 182 valence electrons. The first-order chi connectivity index (χ1) is 17.0. The van der Waals surface area contributed by atoms with E-state index in [1.807, 2.05) is 36.4 Å². The molecule has 2 fully saturated rings. The van der Waals surface area contributed by atoms with Crippen molar-refractivity contribution in [2.75, 3.05) is 31.1 Å². The predicted molar refractivity (Wildman–Crippen MR) is 137 cm³/mol. The monoisotopic (exact) mass is 471 g/mol. The van der Waals surface area contributed by atoms with Gasteiger partial charge < -0.3 is 20.6 Å². The van der Waals surface area contributed by atoms with Crippen LogP contribution in [0.3, 0.4) is 0 Å². The van der Waals surface area contributed by atoms with Crippen LogP contribution >= 0.6 is 0 Å². The molecule has 5 rings (SSSR count). The van der Waals surface area contributed by atoms with Gasteiger partial charge in [0.1, 0.15) is 5.75 Å². The third-order valence-electron chi connectivity index (χ3n) is 7.69. The first kappa shape index (κ1) is 23.3. The maximum absolute atomic E-state index is 13.9. The molecular formula is C28H33N5O2. The van der Waals surface area contributed by atoms with Gasteiger partial charge in [-0.25, -0.2) is 0 Å². The van der Waals surface area contributed by atoms with Crippen molar-refractivity contribution < 1.29 is 9.90 Å². The van der Waals surface area contributed by atoms with E-state index in [-0.39, 0.29) is 17.2 Å².